The van der Waals surface area contributed by atoms with Crippen LogP contribution in [0.15, 0.2) is 53.4 Å². The zero-order valence-electron chi connectivity index (χ0n) is 17.5. The Hall–Kier alpha value is -2.34. The van der Waals surface area contributed by atoms with Gasteiger partial charge in [-0.3, -0.25) is 9.52 Å². The Morgan fingerprint density at radius 1 is 0.964 bits per heavy atom. The van der Waals surface area contributed by atoms with E-state index in [0.717, 1.165) is 6.42 Å². The summed E-state index contributed by atoms with van der Waals surface area (Å²) < 4.78 is 27.6. The van der Waals surface area contributed by atoms with Crippen molar-refractivity contribution in [1.82, 2.24) is 5.32 Å². The third-order valence-electron chi connectivity index (χ3n) is 4.21. The third kappa shape index (κ3) is 6.09. The minimum atomic E-state index is -3.67. The highest BCUT2D eigenvalue weighted by atomic mass is 32.2. The first-order valence-electron chi connectivity index (χ1n) is 9.30. The van der Waals surface area contributed by atoms with Crippen LogP contribution in [0.2, 0.25) is 0 Å². The predicted molar refractivity (Wildman–Crippen MR) is 114 cm³/mol. The fourth-order valence-electron chi connectivity index (χ4n) is 3.47. The first kappa shape index (κ1) is 22.0. The van der Waals surface area contributed by atoms with Gasteiger partial charge in [0, 0.05) is 11.1 Å². The molecule has 2 aromatic rings. The summed E-state index contributed by atoms with van der Waals surface area (Å²) in [4.78, 5) is 12.9. The number of hydrogen-bond acceptors (Lipinski definition) is 3. The molecule has 0 saturated heterocycles. The fourth-order valence-corrected chi connectivity index (χ4v) is 4.62. The zero-order valence-corrected chi connectivity index (χ0v) is 18.3. The number of amides is 1. The topological polar surface area (TPSA) is 75.3 Å². The van der Waals surface area contributed by atoms with E-state index in [2.05, 4.69) is 30.8 Å². The molecule has 0 spiro atoms. The summed E-state index contributed by atoms with van der Waals surface area (Å²) in [5.41, 5.74) is 1.38. The summed E-state index contributed by atoms with van der Waals surface area (Å²) in [5.74, 6) is -0.171. The Kier molecular flexibility index (Phi) is 6.24. The Balaban J connectivity index is 2.17. The summed E-state index contributed by atoms with van der Waals surface area (Å²) in [6.45, 7) is 12.2. The summed E-state index contributed by atoms with van der Waals surface area (Å²) in [6.07, 6.45) is 0.833. The smallest absolute Gasteiger partial charge is 0.261 e. The van der Waals surface area contributed by atoms with Crippen LogP contribution in [0.25, 0.3) is 0 Å². The highest BCUT2D eigenvalue weighted by molar-refractivity contribution is 7.92. The molecule has 2 rings (SSSR count). The molecule has 5 nitrogen and oxygen atoms in total. The number of carbonyl (C=O) groups is 1. The van der Waals surface area contributed by atoms with Crippen LogP contribution in [0.3, 0.4) is 0 Å². The second-order valence-electron chi connectivity index (χ2n) is 9.02. The van der Waals surface area contributed by atoms with E-state index < -0.39 is 10.0 Å². The van der Waals surface area contributed by atoms with Gasteiger partial charge in [-0.15, -0.1) is 0 Å². The molecule has 0 radical (unpaired) electrons. The lowest BCUT2D eigenvalue weighted by Gasteiger charge is -2.33. The summed E-state index contributed by atoms with van der Waals surface area (Å²) >= 11 is 0. The molecule has 0 bridgehead atoms. The van der Waals surface area contributed by atoms with Gasteiger partial charge in [0.1, 0.15) is 0 Å². The maximum atomic E-state index is 12.7. The lowest BCUT2D eigenvalue weighted by Crippen LogP contribution is -2.45. The van der Waals surface area contributed by atoms with Crippen molar-refractivity contribution in [3.63, 3.8) is 0 Å². The summed E-state index contributed by atoms with van der Waals surface area (Å²) in [6, 6.07) is 13.2. The van der Waals surface area contributed by atoms with Gasteiger partial charge in [0.2, 0.25) is 0 Å². The molecule has 0 atom stereocenters. The average molecular weight is 403 g/mol. The monoisotopic (exact) mass is 402 g/mol. The molecule has 0 heterocycles. The van der Waals surface area contributed by atoms with Crippen molar-refractivity contribution in [2.24, 2.45) is 5.41 Å². The molecule has 0 aliphatic rings. The molecule has 2 aromatic carbocycles. The summed E-state index contributed by atoms with van der Waals surface area (Å²) in [7, 11) is -3.67. The molecule has 0 aromatic heterocycles. The second-order valence-corrected chi connectivity index (χ2v) is 10.7. The molecule has 2 N–H and O–H groups in total. The first-order chi connectivity index (χ1) is 12.8. The highest BCUT2D eigenvalue weighted by Gasteiger charge is 2.27. The average Bonchev–Trinajstić information content (AvgIpc) is 2.54. The minimum absolute atomic E-state index is 0.0896. The van der Waals surface area contributed by atoms with Crippen molar-refractivity contribution in [2.45, 2.75) is 58.4 Å². The Morgan fingerprint density at radius 3 is 2.11 bits per heavy atom. The first-order valence-corrected chi connectivity index (χ1v) is 10.8. The molecule has 0 fully saturated rings. The number of rotatable bonds is 6. The van der Waals surface area contributed by atoms with Gasteiger partial charge < -0.3 is 5.32 Å². The summed E-state index contributed by atoms with van der Waals surface area (Å²) in [5, 5.41) is 3.07. The van der Waals surface area contributed by atoms with Crippen molar-refractivity contribution in [3.05, 3.63) is 59.7 Å². The molecule has 1 amide bonds. The van der Waals surface area contributed by atoms with Crippen LogP contribution in [0.1, 0.15) is 57.0 Å². The molecule has 6 heteroatoms. The molecule has 0 saturated carbocycles. The molecule has 0 aliphatic carbocycles. The molecular weight excluding hydrogens is 372 g/mol. The van der Waals surface area contributed by atoms with E-state index in [1.54, 1.807) is 43.3 Å². The van der Waals surface area contributed by atoms with Gasteiger partial charge in [-0.2, -0.15) is 0 Å². The number of benzene rings is 2. The molecular formula is C22H30N2O3S. The second kappa shape index (κ2) is 7.95. The van der Waals surface area contributed by atoms with Crippen molar-refractivity contribution < 1.29 is 13.2 Å². The van der Waals surface area contributed by atoms with E-state index in [0.29, 0.717) is 16.8 Å². The van der Waals surface area contributed by atoms with E-state index in [1.807, 2.05) is 13.8 Å². The van der Waals surface area contributed by atoms with E-state index in [1.165, 1.54) is 12.1 Å². The molecule has 0 unspecified atom stereocenters. The van der Waals surface area contributed by atoms with E-state index in [-0.39, 0.29) is 21.8 Å². The Bertz CT molecular complexity index is 943. The molecule has 152 valence electrons. The SMILES string of the molecule is Cc1cc(C(=O)NC(C)(C)CC(C)(C)C)ccc1NS(=O)(=O)c1ccccc1. The van der Waals surface area contributed by atoms with E-state index in [4.69, 9.17) is 0 Å². The fraction of sp³-hybridized carbons (Fsp3) is 0.409. The van der Waals surface area contributed by atoms with Crippen molar-refractivity contribution in [1.29, 1.82) is 0 Å². The lowest BCUT2D eigenvalue weighted by molar-refractivity contribution is 0.0891. The van der Waals surface area contributed by atoms with Crippen molar-refractivity contribution in [2.75, 3.05) is 4.72 Å². The van der Waals surface area contributed by atoms with Gasteiger partial charge in [0.15, 0.2) is 0 Å². The molecule has 0 aliphatic heterocycles. The van der Waals surface area contributed by atoms with Gasteiger partial charge in [-0.1, -0.05) is 39.0 Å². The van der Waals surface area contributed by atoms with Gasteiger partial charge in [-0.05, 0) is 68.5 Å². The number of aryl methyl sites for hydroxylation is 1. The zero-order chi connectivity index (χ0) is 21.2. The Labute approximate surface area is 168 Å². The van der Waals surface area contributed by atoms with Crippen LogP contribution in [0.5, 0.6) is 0 Å². The highest BCUT2D eigenvalue weighted by Crippen LogP contribution is 2.27. The number of sulfonamides is 1. The maximum absolute atomic E-state index is 12.7. The van der Waals surface area contributed by atoms with E-state index >= 15 is 0 Å². The van der Waals surface area contributed by atoms with Crippen LogP contribution in [-0.2, 0) is 10.0 Å². The lowest BCUT2D eigenvalue weighted by atomic mass is 9.81. The molecule has 28 heavy (non-hydrogen) atoms. The largest absolute Gasteiger partial charge is 0.347 e. The standard InChI is InChI=1S/C22H30N2O3S/c1-16-14-17(20(25)23-22(5,6)15-21(2,3)4)12-13-19(16)24-28(26,27)18-10-8-7-9-11-18/h7-14,24H,15H2,1-6H3,(H,23,25). The van der Waals surface area contributed by atoms with Gasteiger partial charge in [-0.25, -0.2) is 8.42 Å². The Morgan fingerprint density at radius 2 is 1.57 bits per heavy atom. The number of nitrogens with one attached hydrogen (secondary N) is 2. The van der Waals surface area contributed by atoms with Crippen molar-refractivity contribution in [3.8, 4) is 0 Å². The van der Waals surface area contributed by atoms with Crippen LogP contribution in [-0.4, -0.2) is 19.9 Å². The van der Waals surface area contributed by atoms with Crippen LogP contribution < -0.4 is 10.0 Å². The van der Waals surface area contributed by atoms with Crippen LogP contribution >= 0.6 is 0 Å². The predicted octanol–water partition coefficient (Wildman–Crippen LogP) is 4.74. The van der Waals surface area contributed by atoms with Crippen LogP contribution in [0.4, 0.5) is 5.69 Å². The van der Waals surface area contributed by atoms with Crippen molar-refractivity contribution >= 4 is 21.6 Å². The van der Waals surface area contributed by atoms with Gasteiger partial charge >= 0.3 is 0 Å². The van der Waals surface area contributed by atoms with Gasteiger partial charge in [0.05, 0.1) is 10.6 Å². The number of hydrogen-bond donors (Lipinski definition) is 2. The van der Waals surface area contributed by atoms with Crippen LogP contribution in [0, 0.1) is 12.3 Å². The maximum Gasteiger partial charge on any atom is 0.261 e. The van der Waals surface area contributed by atoms with Gasteiger partial charge in [0.25, 0.3) is 15.9 Å². The number of anilines is 1. The number of carbonyl (C=O) groups excluding carboxylic acids is 1. The minimum Gasteiger partial charge on any atom is -0.347 e. The normalized spacial score (nSPS) is 12.5. The quantitative estimate of drug-likeness (QED) is 0.733. The third-order valence-corrected chi connectivity index (χ3v) is 5.59. The van der Waals surface area contributed by atoms with E-state index in [9.17, 15) is 13.2 Å².